The first-order valence-corrected chi connectivity index (χ1v) is 8.07. The predicted molar refractivity (Wildman–Crippen MR) is 94.9 cm³/mol. The molecular weight excluding hydrogens is 316 g/mol. The molecule has 0 saturated heterocycles. The highest BCUT2D eigenvalue weighted by atomic mass is 16.5. The molecule has 1 heterocycles. The highest BCUT2D eigenvalue weighted by molar-refractivity contribution is 5.73. The lowest BCUT2D eigenvalue weighted by Crippen LogP contribution is -2.36. The summed E-state index contributed by atoms with van der Waals surface area (Å²) in [7, 11) is 1.73. The van der Waals surface area contributed by atoms with Gasteiger partial charge in [-0.05, 0) is 37.1 Å². The van der Waals surface area contributed by atoms with Crippen LogP contribution in [0.4, 0.5) is 4.79 Å². The van der Waals surface area contributed by atoms with Crippen molar-refractivity contribution in [3.8, 4) is 11.9 Å². The molecule has 1 N–H and O–H groups in total. The van der Waals surface area contributed by atoms with Gasteiger partial charge >= 0.3 is 6.03 Å². The fourth-order valence-electron chi connectivity index (χ4n) is 2.17. The molecule has 0 atom stereocenters. The summed E-state index contributed by atoms with van der Waals surface area (Å²) in [5.41, 5.74) is 2.47. The van der Waals surface area contributed by atoms with E-state index in [2.05, 4.69) is 16.4 Å². The average molecular weight is 338 g/mol. The second kappa shape index (κ2) is 8.69. The van der Waals surface area contributed by atoms with Gasteiger partial charge in [-0.3, -0.25) is 0 Å². The summed E-state index contributed by atoms with van der Waals surface area (Å²) in [6.45, 7) is 4.75. The Bertz CT molecular complexity index is 734. The number of rotatable bonds is 6. The molecular formula is C19H22N4O2. The van der Waals surface area contributed by atoms with Gasteiger partial charge in [-0.2, -0.15) is 5.26 Å². The number of carbonyl (C=O) groups is 1. The molecule has 0 bridgehead atoms. The van der Waals surface area contributed by atoms with E-state index in [0.717, 1.165) is 11.1 Å². The first kappa shape index (κ1) is 18.3. The van der Waals surface area contributed by atoms with Gasteiger partial charge in [-0.25, -0.2) is 9.78 Å². The zero-order chi connectivity index (χ0) is 18.2. The van der Waals surface area contributed by atoms with Crippen molar-refractivity contribution in [1.29, 1.82) is 5.26 Å². The highest BCUT2D eigenvalue weighted by Gasteiger charge is 2.09. The lowest BCUT2D eigenvalue weighted by Gasteiger charge is -2.18. The number of hydrogen-bond acceptors (Lipinski definition) is 4. The van der Waals surface area contributed by atoms with Crippen LogP contribution in [0, 0.1) is 11.3 Å². The van der Waals surface area contributed by atoms with Crippen molar-refractivity contribution in [2.24, 2.45) is 0 Å². The molecule has 1 aromatic carbocycles. The molecule has 0 spiro atoms. The normalized spacial score (nSPS) is 10.2. The number of nitriles is 1. The second-order valence-electron chi connectivity index (χ2n) is 5.99. The minimum absolute atomic E-state index is 0.0777. The summed E-state index contributed by atoms with van der Waals surface area (Å²) in [5.74, 6) is 0.572. The summed E-state index contributed by atoms with van der Waals surface area (Å²) >= 11 is 0. The van der Waals surface area contributed by atoms with Crippen LogP contribution >= 0.6 is 0 Å². The van der Waals surface area contributed by atoms with Crippen LogP contribution in [-0.2, 0) is 13.1 Å². The van der Waals surface area contributed by atoms with Crippen LogP contribution in [0.15, 0.2) is 42.6 Å². The van der Waals surface area contributed by atoms with Gasteiger partial charge in [-0.15, -0.1) is 0 Å². The van der Waals surface area contributed by atoms with Crippen molar-refractivity contribution in [2.45, 2.75) is 33.0 Å². The number of benzene rings is 1. The van der Waals surface area contributed by atoms with Gasteiger partial charge in [0.15, 0.2) is 0 Å². The molecule has 6 nitrogen and oxygen atoms in total. The number of amides is 2. The van der Waals surface area contributed by atoms with Crippen molar-refractivity contribution in [1.82, 2.24) is 15.2 Å². The SMILES string of the molecule is CC(C)Oc1ccc(CNC(=O)N(C)Cc2ccc(C#N)cc2)cn1. The standard InChI is InChI=1S/C19H22N4O2/c1-14(2)25-18-9-8-17(11-21-18)12-22-19(24)23(3)13-16-6-4-15(10-20)5-7-16/h4-9,11,14H,12-13H2,1-3H3,(H,22,24). The second-order valence-corrected chi connectivity index (χ2v) is 5.99. The van der Waals surface area contributed by atoms with Crippen molar-refractivity contribution in [2.75, 3.05) is 7.05 Å². The van der Waals surface area contributed by atoms with Gasteiger partial charge < -0.3 is 15.0 Å². The van der Waals surface area contributed by atoms with E-state index in [1.807, 2.05) is 32.0 Å². The molecule has 0 fully saturated rings. The first-order valence-electron chi connectivity index (χ1n) is 8.07. The fourth-order valence-corrected chi connectivity index (χ4v) is 2.17. The Kier molecular flexibility index (Phi) is 6.35. The molecule has 6 heteroatoms. The molecule has 2 amide bonds. The van der Waals surface area contributed by atoms with E-state index in [4.69, 9.17) is 10.00 Å². The zero-order valence-corrected chi connectivity index (χ0v) is 14.7. The summed E-state index contributed by atoms with van der Waals surface area (Å²) in [5, 5.41) is 11.7. The summed E-state index contributed by atoms with van der Waals surface area (Å²) in [6, 6.07) is 12.8. The third kappa shape index (κ3) is 5.81. The minimum Gasteiger partial charge on any atom is -0.475 e. The van der Waals surface area contributed by atoms with Gasteiger partial charge in [-0.1, -0.05) is 18.2 Å². The molecule has 0 aliphatic rings. The third-order valence-electron chi connectivity index (χ3n) is 3.45. The Morgan fingerprint density at radius 3 is 2.48 bits per heavy atom. The predicted octanol–water partition coefficient (Wildman–Crippen LogP) is 3.08. The van der Waals surface area contributed by atoms with Gasteiger partial charge in [0.1, 0.15) is 0 Å². The van der Waals surface area contributed by atoms with Gasteiger partial charge in [0.2, 0.25) is 5.88 Å². The summed E-state index contributed by atoms with van der Waals surface area (Å²) < 4.78 is 5.49. The summed E-state index contributed by atoms with van der Waals surface area (Å²) in [6.07, 6.45) is 1.77. The van der Waals surface area contributed by atoms with Crippen molar-refractivity contribution in [3.05, 3.63) is 59.3 Å². The number of nitrogens with zero attached hydrogens (tertiary/aromatic N) is 3. The Morgan fingerprint density at radius 2 is 1.92 bits per heavy atom. The number of hydrogen-bond donors (Lipinski definition) is 1. The highest BCUT2D eigenvalue weighted by Crippen LogP contribution is 2.10. The van der Waals surface area contributed by atoms with Crippen LogP contribution < -0.4 is 10.1 Å². The monoisotopic (exact) mass is 338 g/mol. The van der Waals surface area contributed by atoms with E-state index in [1.54, 1.807) is 36.3 Å². The van der Waals surface area contributed by atoms with Crippen molar-refractivity contribution >= 4 is 6.03 Å². The number of nitrogens with one attached hydrogen (secondary N) is 1. The molecule has 0 saturated carbocycles. The van der Waals surface area contributed by atoms with E-state index in [0.29, 0.717) is 24.5 Å². The molecule has 130 valence electrons. The van der Waals surface area contributed by atoms with Gasteiger partial charge in [0.05, 0.1) is 17.7 Å². The Labute approximate surface area is 148 Å². The molecule has 0 radical (unpaired) electrons. The van der Waals surface area contributed by atoms with Gasteiger partial charge in [0.25, 0.3) is 0 Å². The minimum atomic E-state index is -0.174. The van der Waals surface area contributed by atoms with E-state index in [-0.39, 0.29) is 12.1 Å². The fraction of sp³-hybridized carbons (Fsp3) is 0.316. The number of carbonyl (C=O) groups excluding carboxylic acids is 1. The lowest BCUT2D eigenvalue weighted by atomic mass is 10.1. The van der Waals surface area contributed by atoms with Crippen LogP contribution in [0.1, 0.15) is 30.5 Å². The van der Waals surface area contributed by atoms with Crippen LogP contribution in [0.3, 0.4) is 0 Å². The van der Waals surface area contributed by atoms with E-state index >= 15 is 0 Å². The van der Waals surface area contributed by atoms with Crippen molar-refractivity contribution < 1.29 is 9.53 Å². The smallest absolute Gasteiger partial charge is 0.317 e. The number of urea groups is 1. The van der Waals surface area contributed by atoms with Gasteiger partial charge in [0, 0.05) is 32.4 Å². The maximum absolute atomic E-state index is 12.2. The quantitative estimate of drug-likeness (QED) is 0.878. The topological polar surface area (TPSA) is 78.2 Å². The van der Waals surface area contributed by atoms with E-state index < -0.39 is 0 Å². The molecule has 2 rings (SSSR count). The first-order chi connectivity index (χ1) is 12.0. The molecule has 0 aliphatic heterocycles. The Morgan fingerprint density at radius 1 is 1.24 bits per heavy atom. The average Bonchev–Trinajstić information content (AvgIpc) is 2.61. The van der Waals surface area contributed by atoms with Crippen molar-refractivity contribution in [3.63, 3.8) is 0 Å². The molecule has 1 aromatic heterocycles. The third-order valence-corrected chi connectivity index (χ3v) is 3.45. The van der Waals surface area contributed by atoms with Crippen LogP contribution in [0.5, 0.6) is 5.88 Å². The van der Waals surface area contributed by atoms with E-state index in [1.165, 1.54) is 0 Å². The molecule has 25 heavy (non-hydrogen) atoms. The Balaban J connectivity index is 1.83. The summed E-state index contributed by atoms with van der Waals surface area (Å²) in [4.78, 5) is 18.0. The zero-order valence-electron chi connectivity index (χ0n) is 14.7. The number of aromatic nitrogens is 1. The Hall–Kier alpha value is -3.07. The van der Waals surface area contributed by atoms with Crippen LogP contribution in [-0.4, -0.2) is 29.1 Å². The van der Waals surface area contributed by atoms with E-state index in [9.17, 15) is 4.79 Å². The van der Waals surface area contributed by atoms with Crippen LogP contribution in [0.2, 0.25) is 0 Å². The lowest BCUT2D eigenvalue weighted by molar-refractivity contribution is 0.206. The molecule has 0 unspecified atom stereocenters. The maximum Gasteiger partial charge on any atom is 0.317 e. The number of ether oxygens (including phenoxy) is 1. The van der Waals surface area contributed by atoms with Crippen LogP contribution in [0.25, 0.3) is 0 Å². The maximum atomic E-state index is 12.2. The largest absolute Gasteiger partial charge is 0.475 e. The molecule has 2 aromatic rings. The molecule has 0 aliphatic carbocycles. The number of pyridine rings is 1.